The molecule has 0 fully saturated rings. The Hall–Kier alpha value is -2.35. The molecule has 0 saturated carbocycles. The summed E-state index contributed by atoms with van der Waals surface area (Å²) >= 11 is 0. The second kappa shape index (κ2) is 7.17. The monoisotopic (exact) mass is 260 g/mol. The average Bonchev–Trinajstić information content (AvgIpc) is 2.46. The standard InChI is InChI=1S/C14H16N2O3/c1-3-10(9-15)13(17)16-12(14(18)19-2)11-7-5-4-6-8-11/h4-8,10,12H,3H2,1-2H3,(H,16,17)/t10-,12+/m0/s1. The Morgan fingerprint density at radius 3 is 2.47 bits per heavy atom. The molecule has 0 aliphatic carbocycles. The highest BCUT2D eigenvalue weighted by Crippen LogP contribution is 2.15. The van der Waals surface area contributed by atoms with Crippen LogP contribution >= 0.6 is 0 Å². The summed E-state index contributed by atoms with van der Waals surface area (Å²) in [6.07, 6.45) is 0.394. The van der Waals surface area contributed by atoms with Crippen molar-refractivity contribution in [3.63, 3.8) is 0 Å². The van der Waals surface area contributed by atoms with Crippen molar-refractivity contribution in [2.24, 2.45) is 5.92 Å². The first-order chi connectivity index (χ1) is 9.13. The van der Waals surface area contributed by atoms with Crippen LogP contribution in [0.3, 0.4) is 0 Å². The first-order valence-corrected chi connectivity index (χ1v) is 5.96. The summed E-state index contributed by atoms with van der Waals surface area (Å²) in [5.41, 5.74) is 0.621. The summed E-state index contributed by atoms with van der Waals surface area (Å²) < 4.78 is 4.68. The van der Waals surface area contributed by atoms with E-state index in [1.54, 1.807) is 31.2 Å². The zero-order chi connectivity index (χ0) is 14.3. The van der Waals surface area contributed by atoms with Crippen LogP contribution in [0.2, 0.25) is 0 Å². The van der Waals surface area contributed by atoms with Crippen LogP contribution in [-0.2, 0) is 14.3 Å². The van der Waals surface area contributed by atoms with Gasteiger partial charge in [0.2, 0.25) is 5.91 Å². The molecule has 2 atom stereocenters. The second-order valence-corrected chi connectivity index (χ2v) is 3.97. The van der Waals surface area contributed by atoms with Crippen LogP contribution in [0.15, 0.2) is 30.3 Å². The number of carbonyl (C=O) groups excluding carboxylic acids is 2. The number of carbonyl (C=O) groups is 2. The van der Waals surface area contributed by atoms with Gasteiger partial charge in [0.25, 0.3) is 0 Å². The molecule has 1 aromatic carbocycles. The van der Waals surface area contributed by atoms with Gasteiger partial charge >= 0.3 is 5.97 Å². The van der Waals surface area contributed by atoms with Crippen LogP contribution in [0, 0.1) is 17.2 Å². The van der Waals surface area contributed by atoms with Gasteiger partial charge in [-0.25, -0.2) is 4.79 Å². The van der Waals surface area contributed by atoms with Crippen molar-refractivity contribution < 1.29 is 14.3 Å². The lowest BCUT2D eigenvalue weighted by molar-refractivity contribution is -0.145. The number of methoxy groups -OCH3 is 1. The fourth-order valence-corrected chi connectivity index (χ4v) is 1.62. The maximum Gasteiger partial charge on any atom is 0.333 e. The van der Waals surface area contributed by atoms with E-state index in [9.17, 15) is 9.59 Å². The highest BCUT2D eigenvalue weighted by Gasteiger charge is 2.26. The van der Waals surface area contributed by atoms with Crippen molar-refractivity contribution in [3.05, 3.63) is 35.9 Å². The number of nitrogens with zero attached hydrogens (tertiary/aromatic N) is 1. The molecule has 1 N–H and O–H groups in total. The number of amides is 1. The predicted octanol–water partition coefficient (Wildman–Crippen LogP) is 1.57. The van der Waals surface area contributed by atoms with Gasteiger partial charge in [0, 0.05) is 0 Å². The Morgan fingerprint density at radius 1 is 1.37 bits per heavy atom. The molecule has 0 saturated heterocycles. The Morgan fingerprint density at radius 2 is 2.00 bits per heavy atom. The largest absolute Gasteiger partial charge is 0.467 e. The number of rotatable bonds is 5. The molecule has 0 radical (unpaired) electrons. The molecule has 5 nitrogen and oxygen atoms in total. The zero-order valence-electron chi connectivity index (χ0n) is 10.9. The Kier molecular flexibility index (Phi) is 5.55. The molecule has 0 heterocycles. The van der Waals surface area contributed by atoms with Gasteiger partial charge in [-0.05, 0) is 12.0 Å². The van der Waals surface area contributed by atoms with E-state index in [1.165, 1.54) is 7.11 Å². The van der Waals surface area contributed by atoms with E-state index in [2.05, 4.69) is 10.1 Å². The van der Waals surface area contributed by atoms with E-state index >= 15 is 0 Å². The molecule has 1 aromatic rings. The molecule has 1 rings (SSSR count). The molecule has 100 valence electrons. The van der Waals surface area contributed by atoms with E-state index in [4.69, 9.17) is 5.26 Å². The van der Waals surface area contributed by atoms with E-state index in [0.717, 1.165) is 0 Å². The number of esters is 1. The fraction of sp³-hybridized carbons (Fsp3) is 0.357. The Bertz CT molecular complexity index is 479. The van der Waals surface area contributed by atoms with Gasteiger partial charge in [-0.3, -0.25) is 4.79 Å². The summed E-state index contributed by atoms with van der Waals surface area (Å²) in [5, 5.41) is 11.4. The summed E-state index contributed by atoms with van der Waals surface area (Å²) in [6, 6.07) is 9.78. The maximum atomic E-state index is 11.9. The van der Waals surface area contributed by atoms with Crippen molar-refractivity contribution in [1.82, 2.24) is 5.32 Å². The van der Waals surface area contributed by atoms with Crippen LogP contribution < -0.4 is 5.32 Å². The number of hydrogen-bond acceptors (Lipinski definition) is 4. The zero-order valence-corrected chi connectivity index (χ0v) is 10.9. The number of nitriles is 1. The molecular formula is C14H16N2O3. The average molecular weight is 260 g/mol. The quantitative estimate of drug-likeness (QED) is 0.815. The normalized spacial score (nSPS) is 12.9. The summed E-state index contributed by atoms with van der Waals surface area (Å²) in [4.78, 5) is 23.6. The molecular weight excluding hydrogens is 244 g/mol. The second-order valence-electron chi connectivity index (χ2n) is 3.97. The molecule has 5 heteroatoms. The van der Waals surface area contributed by atoms with Crippen LogP contribution in [0.4, 0.5) is 0 Å². The molecule has 0 aromatic heterocycles. The minimum atomic E-state index is -0.888. The third kappa shape index (κ3) is 3.81. The summed E-state index contributed by atoms with van der Waals surface area (Å²) in [6.45, 7) is 1.74. The predicted molar refractivity (Wildman–Crippen MR) is 68.7 cm³/mol. The molecule has 0 bridgehead atoms. The third-order valence-corrected chi connectivity index (χ3v) is 2.74. The molecule has 0 spiro atoms. The lowest BCUT2D eigenvalue weighted by Crippen LogP contribution is -2.37. The molecule has 19 heavy (non-hydrogen) atoms. The third-order valence-electron chi connectivity index (χ3n) is 2.74. The number of nitrogens with one attached hydrogen (secondary N) is 1. The highest BCUT2D eigenvalue weighted by molar-refractivity contribution is 5.87. The van der Waals surface area contributed by atoms with Crippen molar-refractivity contribution in [2.75, 3.05) is 7.11 Å². The van der Waals surface area contributed by atoms with E-state index < -0.39 is 23.8 Å². The van der Waals surface area contributed by atoms with E-state index in [0.29, 0.717) is 12.0 Å². The van der Waals surface area contributed by atoms with Gasteiger partial charge in [0.1, 0.15) is 5.92 Å². The summed E-state index contributed by atoms with van der Waals surface area (Å²) in [7, 11) is 1.26. The van der Waals surface area contributed by atoms with E-state index in [1.807, 2.05) is 12.1 Å². The maximum absolute atomic E-state index is 11.9. The Labute approximate surface area is 112 Å². The fourth-order valence-electron chi connectivity index (χ4n) is 1.62. The van der Waals surface area contributed by atoms with Gasteiger partial charge in [0.15, 0.2) is 6.04 Å². The van der Waals surface area contributed by atoms with Crippen LogP contribution in [0.25, 0.3) is 0 Å². The minimum absolute atomic E-state index is 0.394. The lowest BCUT2D eigenvalue weighted by atomic mass is 10.0. The number of ether oxygens (including phenoxy) is 1. The SMILES string of the molecule is CC[C@@H](C#N)C(=O)N[C@@H](C(=O)OC)c1ccccc1. The lowest BCUT2D eigenvalue weighted by Gasteiger charge is -2.18. The van der Waals surface area contributed by atoms with E-state index in [-0.39, 0.29) is 0 Å². The topological polar surface area (TPSA) is 79.2 Å². The molecule has 0 aliphatic heterocycles. The van der Waals surface area contributed by atoms with Crippen LogP contribution in [0.5, 0.6) is 0 Å². The van der Waals surface area contributed by atoms with Crippen LogP contribution in [0.1, 0.15) is 24.9 Å². The van der Waals surface area contributed by atoms with Crippen molar-refractivity contribution >= 4 is 11.9 Å². The van der Waals surface area contributed by atoms with Crippen LogP contribution in [-0.4, -0.2) is 19.0 Å². The van der Waals surface area contributed by atoms with Gasteiger partial charge in [-0.1, -0.05) is 37.3 Å². The molecule has 1 amide bonds. The van der Waals surface area contributed by atoms with Crippen molar-refractivity contribution in [2.45, 2.75) is 19.4 Å². The smallest absolute Gasteiger partial charge is 0.333 e. The molecule has 0 aliphatic rings. The van der Waals surface area contributed by atoms with Crippen molar-refractivity contribution in [1.29, 1.82) is 5.26 Å². The first kappa shape index (κ1) is 14.7. The van der Waals surface area contributed by atoms with Gasteiger partial charge in [0.05, 0.1) is 13.2 Å². The van der Waals surface area contributed by atoms with Gasteiger partial charge in [-0.2, -0.15) is 5.26 Å². The first-order valence-electron chi connectivity index (χ1n) is 5.96. The van der Waals surface area contributed by atoms with Gasteiger partial charge < -0.3 is 10.1 Å². The number of benzene rings is 1. The summed E-state index contributed by atoms with van der Waals surface area (Å²) in [5.74, 6) is -1.80. The minimum Gasteiger partial charge on any atom is -0.467 e. The number of hydrogen-bond donors (Lipinski definition) is 1. The molecule has 0 unspecified atom stereocenters. The van der Waals surface area contributed by atoms with Crippen molar-refractivity contribution in [3.8, 4) is 6.07 Å². The Balaban J connectivity index is 2.92. The van der Waals surface area contributed by atoms with Gasteiger partial charge in [-0.15, -0.1) is 0 Å². The highest BCUT2D eigenvalue weighted by atomic mass is 16.5.